The quantitative estimate of drug-likeness (QED) is 0.846. The number of benzene rings is 1. The van der Waals surface area contributed by atoms with Crippen molar-refractivity contribution in [2.75, 3.05) is 13.2 Å². The van der Waals surface area contributed by atoms with Crippen molar-refractivity contribution in [3.8, 4) is 0 Å². The van der Waals surface area contributed by atoms with Crippen molar-refractivity contribution in [2.24, 2.45) is 5.73 Å². The molecule has 0 saturated carbocycles. The maximum Gasteiger partial charge on any atom is 0.123 e. The van der Waals surface area contributed by atoms with Crippen LogP contribution in [0.5, 0.6) is 0 Å². The smallest absolute Gasteiger partial charge is 0.123 e. The first-order chi connectivity index (χ1) is 10.2. The van der Waals surface area contributed by atoms with Gasteiger partial charge in [0.2, 0.25) is 0 Å². The number of allylic oxidation sites excluding steroid dienone is 4. The Morgan fingerprint density at radius 2 is 2.14 bits per heavy atom. The van der Waals surface area contributed by atoms with Crippen LogP contribution in [0.2, 0.25) is 0 Å². The summed E-state index contributed by atoms with van der Waals surface area (Å²) in [7, 11) is 0. The SMILES string of the molecule is NCCC1=CCC=C(OCC(O)c2cccc(F)c2)C=C1. The van der Waals surface area contributed by atoms with E-state index in [1.54, 1.807) is 12.1 Å². The molecule has 0 radical (unpaired) electrons. The van der Waals surface area contributed by atoms with Crippen molar-refractivity contribution in [3.63, 3.8) is 0 Å². The highest BCUT2D eigenvalue weighted by molar-refractivity contribution is 5.29. The summed E-state index contributed by atoms with van der Waals surface area (Å²) in [5, 5.41) is 10.0. The van der Waals surface area contributed by atoms with Gasteiger partial charge in [0.05, 0.1) is 0 Å². The number of hydrogen-bond donors (Lipinski definition) is 2. The lowest BCUT2D eigenvalue weighted by Crippen LogP contribution is -2.07. The van der Waals surface area contributed by atoms with E-state index in [9.17, 15) is 9.50 Å². The first-order valence-electron chi connectivity index (χ1n) is 7.02. The van der Waals surface area contributed by atoms with E-state index in [2.05, 4.69) is 6.08 Å². The second kappa shape index (κ2) is 7.76. The monoisotopic (exact) mass is 289 g/mol. The van der Waals surface area contributed by atoms with E-state index in [4.69, 9.17) is 10.5 Å². The predicted octanol–water partition coefficient (Wildman–Crippen LogP) is 2.99. The van der Waals surface area contributed by atoms with Gasteiger partial charge in [0.25, 0.3) is 0 Å². The molecule has 0 amide bonds. The van der Waals surface area contributed by atoms with Gasteiger partial charge in [-0.25, -0.2) is 4.39 Å². The summed E-state index contributed by atoms with van der Waals surface area (Å²) in [4.78, 5) is 0. The molecule has 112 valence electrons. The lowest BCUT2D eigenvalue weighted by Gasteiger charge is -2.13. The van der Waals surface area contributed by atoms with E-state index >= 15 is 0 Å². The Morgan fingerprint density at radius 3 is 2.90 bits per heavy atom. The third-order valence-corrected chi connectivity index (χ3v) is 3.24. The normalized spacial score (nSPS) is 16.0. The molecule has 1 aliphatic rings. The molecule has 1 aliphatic carbocycles. The number of halogens is 1. The van der Waals surface area contributed by atoms with Crippen LogP contribution in [0.3, 0.4) is 0 Å². The number of aliphatic hydroxyl groups excluding tert-OH is 1. The van der Waals surface area contributed by atoms with Crippen molar-refractivity contribution in [1.29, 1.82) is 0 Å². The minimum Gasteiger partial charge on any atom is -0.491 e. The molecule has 0 aliphatic heterocycles. The molecule has 0 saturated heterocycles. The molecule has 4 heteroatoms. The van der Waals surface area contributed by atoms with Crippen LogP contribution in [0.1, 0.15) is 24.5 Å². The second-order valence-corrected chi connectivity index (χ2v) is 4.88. The van der Waals surface area contributed by atoms with Crippen LogP contribution >= 0.6 is 0 Å². The molecular weight excluding hydrogens is 269 g/mol. The fourth-order valence-electron chi connectivity index (χ4n) is 2.10. The number of rotatable bonds is 6. The molecule has 1 aromatic rings. The fourth-order valence-corrected chi connectivity index (χ4v) is 2.10. The van der Waals surface area contributed by atoms with Gasteiger partial charge in [0, 0.05) is 0 Å². The van der Waals surface area contributed by atoms with E-state index in [-0.39, 0.29) is 12.4 Å². The first-order valence-corrected chi connectivity index (χ1v) is 7.02. The van der Waals surface area contributed by atoms with Gasteiger partial charge in [-0.15, -0.1) is 0 Å². The van der Waals surface area contributed by atoms with Crippen LogP contribution in [0.15, 0.2) is 59.9 Å². The van der Waals surface area contributed by atoms with Gasteiger partial charge in [-0.05, 0) is 49.2 Å². The molecule has 0 aromatic heterocycles. The molecular formula is C17H20FNO2. The van der Waals surface area contributed by atoms with Crippen LogP contribution < -0.4 is 5.73 Å². The Labute approximate surface area is 124 Å². The highest BCUT2D eigenvalue weighted by atomic mass is 19.1. The average Bonchev–Trinajstić information content (AvgIpc) is 2.71. The van der Waals surface area contributed by atoms with Crippen LogP contribution in [0, 0.1) is 5.82 Å². The number of aliphatic hydroxyl groups is 1. The van der Waals surface area contributed by atoms with Crippen LogP contribution in [-0.4, -0.2) is 18.3 Å². The molecule has 1 aromatic carbocycles. The van der Waals surface area contributed by atoms with E-state index < -0.39 is 6.10 Å². The van der Waals surface area contributed by atoms with Crippen molar-refractivity contribution in [1.82, 2.24) is 0 Å². The summed E-state index contributed by atoms with van der Waals surface area (Å²) in [6.45, 7) is 0.705. The molecule has 2 rings (SSSR count). The molecule has 1 unspecified atom stereocenters. The molecule has 3 nitrogen and oxygen atoms in total. The zero-order valence-corrected chi connectivity index (χ0v) is 11.8. The molecule has 1 atom stereocenters. The lowest BCUT2D eigenvalue weighted by molar-refractivity contribution is 0.0751. The van der Waals surface area contributed by atoms with E-state index in [1.165, 1.54) is 17.7 Å². The number of ether oxygens (including phenoxy) is 1. The molecule has 0 spiro atoms. The summed E-state index contributed by atoms with van der Waals surface area (Å²) in [6.07, 6.45) is 8.64. The van der Waals surface area contributed by atoms with E-state index in [0.717, 1.165) is 12.8 Å². The van der Waals surface area contributed by atoms with Gasteiger partial charge >= 0.3 is 0 Å². The number of hydrogen-bond acceptors (Lipinski definition) is 3. The second-order valence-electron chi connectivity index (χ2n) is 4.88. The summed E-state index contributed by atoms with van der Waals surface area (Å²) >= 11 is 0. The summed E-state index contributed by atoms with van der Waals surface area (Å²) in [5.41, 5.74) is 7.22. The molecule has 3 N–H and O–H groups in total. The maximum absolute atomic E-state index is 13.1. The Morgan fingerprint density at radius 1 is 1.29 bits per heavy atom. The zero-order valence-electron chi connectivity index (χ0n) is 11.8. The Hall–Kier alpha value is -1.91. The van der Waals surface area contributed by atoms with Crippen molar-refractivity contribution < 1.29 is 14.2 Å². The van der Waals surface area contributed by atoms with Crippen LogP contribution in [-0.2, 0) is 4.74 Å². The van der Waals surface area contributed by atoms with Crippen molar-refractivity contribution in [3.05, 3.63) is 71.3 Å². The summed E-state index contributed by atoms with van der Waals surface area (Å²) in [5.74, 6) is 0.337. The van der Waals surface area contributed by atoms with E-state index in [1.807, 2.05) is 18.2 Å². The van der Waals surface area contributed by atoms with Gasteiger partial charge in [-0.1, -0.05) is 29.9 Å². The van der Waals surface area contributed by atoms with Crippen LogP contribution in [0.4, 0.5) is 4.39 Å². The Bertz CT molecular complexity index is 564. The Balaban J connectivity index is 1.89. The molecule has 0 fully saturated rings. The minimum atomic E-state index is -0.852. The van der Waals surface area contributed by atoms with Crippen molar-refractivity contribution in [2.45, 2.75) is 18.9 Å². The van der Waals surface area contributed by atoms with Gasteiger partial charge in [-0.3, -0.25) is 0 Å². The first kappa shape index (κ1) is 15.5. The van der Waals surface area contributed by atoms with Gasteiger partial charge < -0.3 is 15.6 Å². The molecule has 0 heterocycles. The molecule has 0 bridgehead atoms. The summed E-state index contributed by atoms with van der Waals surface area (Å²) < 4.78 is 18.7. The van der Waals surface area contributed by atoms with Crippen molar-refractivity contribution >= 4 is 0 Å². The largest absolute Gasteiger partial charge is 0.491 e. The standard InChI is InChI=1S/C17H20FNO2/c18-15-5-2-4-14(11-15)17(20)12-21-16-6-1-3-13(7-8-16)9-10-19/h2-8,11,17,20H,1,9-10,12,19H2. The average molecular weight is 289 g/mol. The highest BCUT2D eigenvalue weighted by Crippen LogP contribution is 2.18. The third kappa shape index (κ3) is 4.85. The summed E-state index contributed by atoms with van der Waals surface area (Å²) in [6, 6.07) is 5.90. The fraction of sp³-hybridized carbons (Fsp3) is 0.294. The third-order valence-electron chi connectivity index (χ3n) is 3.24. The van der Waals surface area contributed by atoms with Gasteiger partial charge in [-0.2, -0.15) is 0 Å². The van der Waals surface area contributed by atoms with Gasteiger partial charge in [0.15, 0.2) is 0 Å². The Kier molecular flexibility index (Phi) is 5.72. The topological polar surface area (TPSA) is 55.5 Å². The maximum atomic E-state index is 13.1. The minimum absolute atomic E-state index is 0.0891. The van der Waals surface area contributed by atoms with Gasteiger partial charge in [0.1, 0.15) is 24.3 Å². The highest BCUT2D eigenvalue weighted by Gasteiger charge is 2.10. The lowest BCUT2D eigenvalue weighted by atomic mass is 10.1. The van der Waals surface area contributed by atoms with E-state index in [0.29, 0.717) is 17.9 Å². The van der Waals surface area contributed by atoms with Crippen LogP contribution in [0.25, 0.3) is 0 Å². The zero-order chi connectivity index (χ0) is 15.1. The molecule has 21 heavy (non-hydrogen) atoms. The number of nitrogens with two attached hydrogens (primary N) is 1. The predicted molar refractivity (Wildman–Crippen MR) is 80.9 cm³/mol.